The van der Waals surface area contributed by atoms with E-state index >= 15 is 0 Å². The molecular weight excluding hydrogens is 491 g/mol. The van der Waals surface area contributed by atoms with Gasteiger partial charge >= 0.3 is 0 Å². The van der Waals surface area contributed by atoms with E-state index in [1.54, 1.807) is 0 Å². The molecule has 0 radical (unpaired) electrons. The molecule has 0 bridgehead atoms. The summed E-state index contributed by atoms with van der Waals surface area (Å²) in [5.41, 5.74) is 8.29. The van der Waals surface area contributed by atoms with E-state index in [1.807, 2.05) is 30.0 Å². The molecule has 8 rings (SSSR count). The van der Waals surface area contributed by atoms with Crippen LogP contribution in [0.2, 0.25) is 10.0 Å². The third kappa shape index (κ3) is 2.42. The number of halogens is 2. The number of benzene rings is 5. The maximum Gasteiger partial charge on any atom is 0.154 e. The van der Waals surface area contributed by atoms with Gasteiger partial charge in [-0.05, 0) is 69.8 Å². The van der Waals surface area contributed by atoms with E-state index < -0.39 is 5.41 Å². The summed E-state index contributed by atoms with van der Waals surface area (Å²) in [4.78, 5) is 2.50. The Morgan fingerprint density at radius 2 is 1.34 bits per heavy atom. The van der Waals surface area contributed by atoms with Gasteiger partial charge in [0, 0.05) is 25.6 Å². The Morgan fingerprint density at radius 3 is 2.11 bits per heavy atom. The maximum atomic E-state index is 7.02. The Kier molecular flexibility index (Phi) is 3.98. The van der Waals surface area contributed by atoms with Crippen LogP contribution in [-0.2, 0) is 5.41 Å². The molecule has 1 aliphatic heterocycles. The lowest BCUT2D eigenvalue weighted by molar-refractivity contribution is 0.668. The predicted octanol–water partition coefficient (Wildman–Crippen LogP) is 9.72. The molecule has 0 atom stereocenters. The maximum absolute atomic E-state index is 7.02. The van der Waals surface area contributed by atoms with Crippen LogP contribution in [-0.4, -0.2) is 0 Å². The van der Waals surface area contributed by atoms with E-state index in [4.69, 9.17) is 27.6 Å². The van der Waals surface area contributed by atoms with Crippen molar-refractivity contribution in [3.63, 3.8) is 0 Å². The summed E-state index contributed by atoms with van der Waals surface area (Å²) in [7, 11) is 0. The first kappa shape index (κ1) is 20.1. The van der Waals surface area contributed by atoms with Gasteiger partial charge in [0.1, 0.15) is 5.58 Å². The molecule has 0 amide bonds. The largest absolute Gasteiger partial charge is 0.454 e. The van der Waals surface area contributed by atoms with Gasteiger partial charge in [-0.2, -0.15) is 0 Å². The Balaban J connectivity index is 1.67. The fourth-order valence-electron chi connectivity index (χ4n) is 6.20. The highest BCUT2D eigenvalue weighted by atomic mass is 35.5. The fraction of sp³-hybridized carbons (Fsp3) is 0.0323. The molecule has 1 aliphatic carbocycles. The Hall–Kier alpha value is -3.17. The van der Waals surface area contributed by atoms with Crippen molar-refractivity contribution >= 4 is 56.9 Å². The zero-order valence-electron chi connectivity index (χ0n) is 18.3. The first-order valence-corrected chi connectivity index (χ1v) is 13.1. The summed E-state index contributed by atoms with van der Waals surface area (Å²) in [5, 5.41) is 3.49. The number of para-hydroxylation sites is 1. The zero-order valence-corrected chi connectivity index (χ0v) is 20.6. The van der Waals surface area contributed by atoms with Crippen molar-refractivity contribution in [1.82, 2.24) is 0 Å². The Morgan fingerprint density at radius 1 is 0.657 bits per heavy atom. The van der Waals surface area contributed by atoms with E-state index in [1.165, 1.54) is 43.2 Å². The quantitative estimate of drug-likeness (QED) is 0.203. The monoisotopic (exact) mass is 506 g/mol. The van der Waals surface area contributed by atoms with Crippen LogP contribution >= 0.6 is 35.0 Å². The van der Waals surface area contributed by atoms with E-state index in [-0.39, 0.29) is 0 Å². The molecule has 2 aliphatic rings. The minimum atomic E-state index is -0.524. The third-order valence-corrected chi connectivity index (χ3v) is 9.13. The van der Waals surface area contributed by atoms with Gasteiger partial charge in [-0.3, -0.25) is 0 Å². The van der Waals surface area contributed by atoms with Crippen LogP contribution in [0.15, 0.2) is 111 Å². The summed E-state index contributed by atoms with van der Waals surface area (Å²) < 4.78 is 6.30. The minimum absolute atomic E-state index is 0.524. The van der Waals surface area contributed by atoms with E-state index in [0.29, 0.717) is 5.02 Å². The van der Waals surface area contributed by atoms with Crippen molar-refractivity contribution in [3.05, 3.63) is 129 Å². The van der Waals surface area contributed by atoms with E-state index in [9.17, 15) is 0 Å². The summed E-state index contributed by atoms with van der Waals surface area (Å²) in [6.45, 7) is 0. The summed E-state index contributed by atoms with van der Waals surface area (Å²) in [6, 6.07) is 34.0. The van der Waals surface area contributed by atoms with Gasteiger partial charge < -0.3 is 4.42 Å². The number of hydrogen-bond donors (Lipinski definition) is 0. The van der Waals surface area contributed by atoms with Gasteiger partial charge in [0.15, 0.2) is 5.58 Å². The fourth-order valence-corrected chi connectivity index (χ4v) is 7.81. The van der Waals surface area contributed by atoms with Crippen LogP contribution in [0.3, 0.4) is 0 Å². The Bertz CT molecular complexity index is 1820. The lowest BCUT2D eigenvalue weighted by Crippen LogP contribution is -2.32. The van der Waals surface area contributed by atoms with E-state index in [0.717, 1.165) is 27.0 Å². The SMILES string of the molecule is Clc1ccc2c(c1)C1(c3ccccc3Sc3ccccc31)c1cc(Cl)c3oc4ccccc4c3c1-2. The molecule has 0 unspecified atom stereocenters. The number of fused-ring (bicyclic) bond motifs is 13. The predicted molar refractivity (Wildman–Crippen MR) is 145 cm³/mol. The molecule has 0 saturated carbocycles. The first-order chi connectivity index (χ1) is 17.2. The van der Waals surface area contributed by atoms with Crippen molar-refractivity contribution in [1.29, 1.82) is 0 Å². The highest BCUT2D eigenvalue weighted by Crippen LogP contribution is 2.64. The molecule has 2 heterocycles. The van der Waals surface area contributed by atoms with Gasteiger partial charge in [-0.1, -0.05) is 95.6 Å². The lowest BCUT2D eigenvalue weighted by Gasteiger charge is -2.39. The second-order valence-corrected chi connectivity index (χ2v) is 11.0. The standard InChI is InChI=1S/C31H16Cl2OS/c32-17-13-14-18-22(15-17)31(20-8-2-5-11-26(20)35-27-12-6-3-9-21(27)31)23-16-24(33)30-29(28(18)23)19-7-1-4-10-25(19)34-30/h1-16H. The van der Waals surface area contributed by atoms with Crippen molar-refractivity contribution in [2.24, 2.45) is 0 Å². The highest BCUT2D eigenvalue weighted by molar-refractivity contribution is 7.99. The van der Waals surface area contributed by atoms with Crippen molar-refractivity contribution in [2.45, 2.75) is 15.2 Å². The summed E-state index contributed by atoms with van der Waals surface area (Å²) in [6.07, 6.45) is 0. The first-order valence-electron chi connectivity index (χ1n) is 11.5. The van der Waals surface area contributed by atoms with Gasteiger partial charge in [0.25, 0.3) is 0 Å². The van der Waals surface area contributed by atoms with Crippen LogP contribution in [0.1, 0.15) is 22.3 Å². The molecule has 1 spiro atoms. The molecule has 35 heavy (non-hydrogen) atoms. The van der Waals surface area contributed by atoms with Crippen molar-refractivity contribution in [2.75, 3.05) is 0 Å². The van der Waals surface area contributed by atoms with Crippen molar-refractivity contribution in [3.8, 4) is 11.1 Å². The number of hydrogen-bond acceptors (Lipinski definition) is 2. The summed E-state index contributed by atoms with van der Waals surface area (Å²) >= 11 is 15.5. The van der Waals surface area contributed by atoms with Gasteiger partial charge in [-0.15, -0.1) is 0 Å². The van der Waals surface area contributed by atoms with E-state index in [2.05, 4.69) is 78.9 Å². The average Bonchev–Trinajstić information content (AvgIpc) is 3.39. The number of rotatable bonds is 0. The van der Waals surface area contributed by atoms with Crippen LogP contribution in [0.25, 0.3) is 33.1 Å². The van der Waals surface area contributed by atoms with Crippen LogP contribution in [0.5, 0.6) is 0 Å². The van der Waals surface area contributed by atoms with Gasteiger partial charge in [0.2, 0.25) is 0 Å². The molecular formula is C31H16Cl2OS. The third-order valence-electron chi connectivity index (χ3n) is 7.46. The van der Waals surface area contributed by atoms with Crippen LogP contribution in [0.4, 0.5) is 0 Å². The molecule has 166 valence electrons. The zero-order chi connectivity index (χ0) is 23.3. The van der Waals surface area contributed by atoms with Gasteiger partial charge in [0.05, 0.1) is 10.4 Å². The molecule has 4 heteroatoms. The molecule has 0 fully saturated rings. The molecule has 1 aromatic heterocycles. The van der Waals surface area contributed by atoms with Crippen LogP contribution in [0, 0.1) is 0 Å². The van der Waals surface area contributed by atoms with Crippen LogP contribution < -0.4 is 0 Å². The normalized spacial score (nSPS) is 14.7. The van der Waals surface area contributed by atoms with Crippen molar-refractivity contribution < 1.29 is 4.42 Å². The topological polar surface area (TPSA) is 13.1 Å². The number of furan rings is 1. The molecule has 0 N–H and O–H groups in total. The smallest absolute Gasteiger partial charge is 0.154 e. The second-order valence-electron chi connectivity index (χ2n) is 9.12. The molecule has 5 aromatic carbocycles. The molecule has 1 nitrogen and oxygen atoms in total. The average molecular weight is 507 g/mol. The van der Waals surface area contributed by atoms with Gasteiger partial charge in [-0.25, -0.2) is 0 Å². The summed E-state index contributed by atoms with van der Waals surface area (Å²) in [5.74, 6) is 0. The second kappa shape index (κ2) is 6.95. The Labute approximate surface area is 216 Å². The molecule has 0 saturated heterocycles. The highest BCUT2D eigenvalue weighted by Gasteiger charge is 2.51. The lowest BCUT2D eigenvalue weighted by atomic mass is 9.67. The minimum Gasteiger partial charge on any atom is -0.454 e. The molecule has 6 aromatic rings.